The van der Waals surface area contributed by atoms with E-state index in [0.717, 1.165) is 44.8 Å². The van der Waals surface area contributed by atoms with Gasteiger partial charge in [0.25, 0.3) is 0 Å². The van der Waals surface area contributed by atoms with Crippen LogP contribution in [0.4, 0.5) is 10.5 Å². The molecule has 0 bridgehead atoms. The van der Waals surface area contributed by atoms with E-state index in [0.29, 0.717) is 17.9 Å². The molecule has 2 fully saturated rings. The summed E-state index contributed by atoms with van der Waals surface area (Å²) in [4.78, 5) is 26.6. The average Bonchev–Trinajstić information content (AvgIpc) is 3.48. The predicted octanol–water partition coefficient (Wildman–Crippen LogP) is 3.39. The molecule has 1 saturated carbocycles. The molecule has 142 valence electrons. The Bertz CT molecular complexity index is 605. The van der Waals surface area contributed by atoms with Gasteiger partial charge < -0.3 is 20.3 Å². The van der Waals surface area contributed by atoms with Gasteiger partial charge in [0.15, 0.2) is 0 Å². The lowest BCUT2D eigenvalue weighted by Crippen LogP contribution is -2.46. The second-order valence-corrected chi connectivity index (χ2v) is 7.21. The predicted molar refractivity (Wildman–Crippen MR) is 101 cm³/mol. The maximum absolute atomic E-state index is 12.2. The van der Waals surface area contributed by atoms with Crippen molar-refractivity contribution in [2.24, 2.45) is 0 Å². The molecule has 2 amide bonds. The SMILES string of the molecule is CCCCOC(=O)c1ccc(NC(=O)NC2CCN(C3CC3)CC2)cc1. The Labute approximate surface area is 155 Å². The van der Waals surface area contributed by atoms with Gasteiger partial charge in [0.05, 0.1) is 12.2 Å². The van der Waals surface area contributed by atoms with Crippen LogP contribution in [0.25, 0.3) is 0 Å². The number of unbranched alkanes of at least 4 members (excludes halogenated alkanes) is 1. The molecule has 1 saturated heterocycles. The third kappa shape index (κ3) is 5.46. The maximum Gasteiger partial charge on any atom is 0.338 e. The number of esters is 1. The van der Waals surface area contributed by atoms with Gasteiger partial charge in [0.1, 0.15) is 0 Å². The average molecular weight is 359 g/mol. The van der Waals surface area contributed by atoms with Crippen molar-refractivity contribution < 1.29 is 14.3 Å². The molecule has 1 aliphatic heterocycles. The lowest BCUT2D eigenvalue weighted by atomic mass is 10.1. The fourth-order valence-electron chi connectivity index (χ4n) is 3.28. The summed E-state index contributed by atoms with van der Waals surface area (Å²) in [7, 11) is 0. The van der Waals surface area contributed by atoms with Crippen LogP contribution in [0.15, 0.2) is 24.3 Å². The summed E-state index contributed by atoms with van der Waals surface area (Å²) < 4.78 is 5.18. The number of hydrogen-bond donors (Lipinski definition) is 2. The highest BCUT2D eigenvalue weighted by atomic mass is 16.5. The van der Waals surface area contributed by atoms with E-state index in [4.69, 9.17) is 4.74 Å². The number of nitrogens with zero attached hydrogens (tertiary/aromatic N) is 1. The summed E-state index contributed by atoms with van der Waals surface area (Å²) in [6.07, 6.45) is 6.54. The molecule has 1 aromatic rings. The van der Waals surface area contributed by atoms with Gasteiger partial charge in [-0.3, -0.25) is 0 Å². The molecule has 6 heteroatoms. The molecule has 2 aliphatic rings. The first-order valence-corrected chi connectivity index (χ1v) is 9.74. The molecule has 0 spiro atoms. The summed E-state index contributed by atoms with van der Waals surface area (Å²) in [6, 6.07) is 7.66. The number of carbonyl (C=O) groups excluding carboxylic acids is 2. The number of likely N-dealkylation sites (tertiary alicyclic amines) is 1. The van der Waals surface area contributed by atoms with Crippen LogP contribution in [0, 0.1) is 0 Å². The van der Waals surface area contributed by atoms with Crippen molar-refractivity contribution in [3.8, 4) is 0 Å². The molecule has 1 aliphatic carbocycles. The first-order valence-electron chi connectivity index (χ1n) is 9.74. The Balaban J connectivity index is 1.40. The molecule has 0 unspecified atom stereocenters. The minimum absolute atomic E-state index is 0.187. The largest absolute Gasteiger partial charge is 0.462 e. The van der Waals surface area contributed by atoms with E-state index >= 15 is 0 Å². The summed E-state index contributed by atoms with van der Waals surface area (Å²) in [5, 5.41) is 5.89. The summed E-state index contributed by atoms with van der Waals surface area (Å²) in [5.74, 6) is -0.322. The van der Waals surface area contributed by atoms with Gasteiger partial charge in [-0.05, 0) is 56.4 Å². The molecule has 2 N–H and O–H groups in total. The number of hydrogen-bond acceptors (Lipinski definition) is 4. The van der Waals surface area contributed by atoms with E-state index in [-0.39, 0.29) is 18.0 Å². The van der Waals surface area contributed by atoms with Crippen LogP contribution in [-0.4, -0.2) is 48.7 Å². The minimum Gasteiger partial charge on any atom is -0.462 e. The molecule has 6 nitrogen and oxygen atoms in total. The van der Waals surface area contributed by atoms with E-state index in [1.807, 2.05) is 0 Å². The second-order valence-electron chi connectivity index (χ2n) is 7.21. The van der Waals surface area contributed by atoms with Crippen LogP contribution in [0.3, 0.4) is 0 Å². The number of anilines is 1. The quantitative estimate of drug-likeness (QED) is 0.578. The highest BCUT2D eigenvalue weighted by molar-refractivity contribution is 5.92. The van der Waals surface area contributed by atoms with Gasteiger partial charge in [-0.1, -0.05) is 13.3 Å². The minimum atomic E-state index is -0.322. The van der Waals surface area contributed by atoms with Crippen molar-refractivity contribution in [3.05, 3.63) is 29.8 Å². The van der Waals surface area contributed by atoms with Crippen molar-refractivity contribution in [3.63, 3.8) is 0 Å². The highest BCUT2D eigenvalue weighted by Gasteiger charge is 2.32. The third-order valence-electron chi connectivity index (χ3n) is 5.04. The number of benzene rings is 1. The molecule has 0 aromatic heterocycles. The molecule has 0 atom stereocenters. The number of carbonyl (C=O) groups is 2. The van der Waals surface area contributed by atoms with Gasteiger partial charge in [-0.15, -0.1) is 0 Å². The topological polar surface area (TPSA) is 70.7 Å². The fourth-order valence-corrected chi connectivity index (χ4v) is 3.28. The van der Waals surface area contributed by atoms with Crippen molar-refractivity contribution in [1.82, 2.24) is 10.2 Å². The van der Waals surface area contributed by atoms with Crippen LogP contribution >= 0.6 is 0 Å². The Kier molecular flexibility index (Phi) is 6.50. The van der Waals surface area contributed by atoms with Gasteiger partial charge in [-0.2, -0.15) is 0 Å². The molecular weight excluding hydrogens is 330 g/mol. The van der Waals surface area contributed by atoms with Crippen molar-refractivity contribution >= 4 is 17.7 Å². The first kappa shape index (κ1) is 18.7. The zero-order valence-corrected chi connectivity index (χ0v) is 15.5. The zero-order chi connectivity index (χ0) is 18.4. The monoisotopic (exact) mass is 359 g/mol. The molecule has 0 radical (unpaired) electrons. The number of piperidine rings is 1. The van der Waals surface area contributed by atoms with E-state index in [1.165, 1.54) is 12.8 Å². The summed E-state index contributed by atoms with van der Waals surface area (Å²) >= 11 is 0. The van der Waals surface area contributed by atoms with Crippen LogP contribution in [0.5, 0.6) is 0 Å². The van der Waals surface area contributed by atoms with E-state index in [1.54, 1.807) is 24.3 Å². The maximum atomic E-state index is 12.2. The van der Waals surface area contributed by atoms with E-state index in [9.17, 15) is 9.59 Å². The van der Waals surface area contributed by atoms with Gasteiger partial charge in [-0.25, -0.2) is 9.59 Å². The van der Waals surface area contributed by atoms with Crippen molar-refractivity contribution in [2.45, 2.75) is 57.5 Å². The van der Waals surface area contributed by atoms with E-state index < -0.39 is 0 Å². The van der Waals surface area contributed by atoms with Gasteiger partial charge in [0.2, 0.25) is 0 Å². The Hall–Kier alpha value is -2.08. The molecular formula is C20H29N3O3. The molecule has 1 aromatic carbocycles. The number of amides is 2. The Morgan fingerprint density at radius 3 is 2.42 bits per heavy atom. The Morgan fingerprint density at radius 2 is 1.81 bits per heavy atom. The van der Waals surface area contributed by atoms with Crippen molar-refractivity contribution in [1.29, 1.82) is 0 Å². The number of ether oxygens (including phenoxy) is 1. The summed E-state index contributed by atoms with van der Waals surface area (Å²) in [5.41, 5.74) is 1.17. The lowest BCUT2D eigenvalue weighted by molar-refractivity contribution is 0.0500. The van der Waals surface area contributed by atoms with Crippen LogP contribution < -0.4 is 10.6 Å². The van der Waals surface area contributed by atoms with Gasteiger partial charge >= 0.3 is 12.0 Å². The van der Waals surface area contributed by atoms with Gasteiger partial charge in [0, 0.05) is 30.9 Å². The normalized spacial score (nSPS) is 18.3. The Morgan fingerprint density at radius 1 is 1.12 bits per heavy atom. The second kappa shape index (κ2) is 9.03. The fraction of sp³-hybridized carbons (Fsp3) is 0.600. The molecule has 26 heavy (non-hydrogen) atoms. The lowest BCUT2D eigenvalue weighted by Gasteiger charge is -2.32. The summed E-state index contributed by atoms with van der Waals surface area (Å²) in [6.45, 7) is 4.64. The smallest absolute Gasteiger partial charge is 0.338 e. The van der Waals surface area contributed by atoms with Crippen LogP contribution in [0.2, 0.25) is 0 Å². The number of nitrogens with one attached hydrogen (secondary N) is 2. The van der Waals surface area contributed by atoms with Crippen LogP contribution in [-0.2, 0) is 4.74 Å². The van der Waals surface area contributed by atoms with Crippen molar-refractivity contribution in [2.75, 3.05) is 25.0 Å². The number of rotatable bonds is 7. The molecule has 1 heterocycles. The standard InChI is InChI=1S/C20H29N3O3/c1-2-3-14-26-19(24)15-4-6-16(7-5-15)21-20(25)22-17-10-12-23(13-11-17)18-8-9-18/h4-7,17-18H,2-3,8-14H2,1H3,(H2,21,22,25). The van der Waals surface area contributed by atoms with Crippen LogP contribution in [0.1, 0.15) is 55.8 Å². The highest BCUT2D eigenvalue weighted by Crippen LogP contribution is 2.29. The zero-order valence-electron chi connectivity index (χ0n) is 15.5. The number of urea groups is 1. The third-order valence-corrected chi connectivity index (χ3v) is 5.04. The van der Waals surface area contributed by atoms with E-state index in [2.05, 4.69) is 22.5 Å². The molecule has 3 rings (SSSR count). The first-order chi connectivity index (χ1) is 12.7.